The Labute approximate surface area is 148 Å². The van der Waals surface area contributed by atoms with Crippen molar-refractivity contribution in [3.8, 4) is 0 Å². The lowest BCUT2D eigenvalue weighted by Crippen LogP contribution is -2.24. The number of carboxylic acids is 1. The minimum absolute atomic E-state index is 0.157. The van der Waals surface area contributed by atoms with E-state index < -0.39 is 5.97 Å². The fourth-order valence-electron chi connectivity index (χ4n) is 2.82. The lowest BCUT2D eigenvalue weighted by atomic mass is 9.92. The first-order chi connectivity index (χ1) is 11.8. The smallest absolute Gasteiger partial charge is 0.255 e. The average molecular weight is 338 g/mol. The molecule has 0 saturated carbocycles. The molecule has 0 unspecified atom stereocenters. The molecule has 2 aromatic carbocycles. The van der Waals surface area contributed by atoms with Crippen LogP contribution in [0.4, 0.5) is 5.69 Å². The third-order valence-electron chi connectivity index (χ3n) is 4.18. The molecular formula is C21H24NO3-. The fraction of sp³-hybridized carbons (Fsp3) is 0.333. The van der Waals surface area contributed by atoms with Crippen LogP contribution in [0.2, 0.25) is 0 Å². The molecule has 0 aliphatic rings. The maximum atomic E-state index is 12.7. The lowest BCUT2D eigenvalue weighted by molar-refractivity contribution is -0.304. The maximum absolute atomic E-state index is 12.7. The van der Waals surface area contributed by atoms with Gasteiger partial charge in [0, 0.05) is 23.6 Å². The Balaban J connectivity index is 2.29. The van der Waals surface area contributed by atoms with Crippen LogP contribution in [0.5, 0.6) is 0 Å². The second-order valence-electron chi connectivity index (χ2n) is 6.82. The van der Waals surface area contributed by atoms with E-state index in [1.54, 1.807) is 24.3 Å². The quantitative estimate of drug-likeness (QED) is 0.877. The number of hydrogen-bond donors (Lipinski definition) is 1. The molecule has 1 amide bonds. The first-order valence-electron chi connectivity index (χ1n) is 8.52. The van der Waals surface area contributed by atoms with Crippen LogP contribution in [-0.2, 0) is 11.2 Å². The van der Waals surface area contributed by atoms with E-state index in [0.29, 0.717) is 23.0 Å². The number of aliphatic carboxylic acids is 1. The van der Waals surface area contributed by atoms with Gasteiger partial charge < -0.3 is 15.2 Å². The molecule has 0 aliphatic carbocycles. The molecule has 2 rings (SSSR count). The number of nitrogens with one attached hydrogen (secondary N) is 1. The SMILES string of the molecule is CC(C)c1cccc(C(C)C)c1NC(=O)c1ccc(CC(=O)[O-])cc1. The summed E-state index contributed by atoms with van der Waals surface area (Å²) in [6.45, 7) is 8.40. The number of carboxylic acid groups (broad SMARTS) is 1. The van der Waals surface area contributed by atoms with E-state index in [1.807, 2.05) is 18.2 Å². The van der Waals surface area contributed by atoms with Crippen molar-refractivity contribution in [3.05, 3.63) is 64.7 Å². The number of para-hydroxylation sites is 1. The van der Waals surface area contributed by atoms with Crippen molar-refractivity contribution in [1.82, 2.24) is 0 Å². The van der Waals surface area contributed by atoms with Gasteiger partial charge in [-0.25, -0.2) is 0 Å². The molecule has 0 spiro atoms. The highest BCUT2D eigenvalue weighted by atomic mass is 16.4. The summed E-state index contributed by atoms with van der Waals surface area (Å²) < 4.78 is 0. The zero-order valence-corrected chi connectivity index (χ0v) is 15.1. The van der Waals surface area contributed by atoms with Crippen LogP contribution in [0.3, 0.4) is 0 Å². The standard InChI is InChI=1S/C21H25NO3/c1-13(2)17-6-5-7-18(14(3)4)20(17)22-21(25)16-10-8-15(9-11-16)12-19(23)24/h5-11,13-14H,12H2,1-4H3,(H,22,25)(H,23,24)/p-1. The van der Waals surface area contributed by atoms with E-state index >= 15 is 0 Å². The molecule has 2 aromatic rings. The highest BCUT2D eigenvalue weighted by molar-refractivity contribution is 6.05. The number of hydrogen-bond acceptors (Lipinski definition) is 3. The Hall–Kier alpha value is -2.62. The van der Waals surface area contributed by atoms with E-state index in [4.69, 9.17) is 0 Å². The van der Waals surface area contributed by atoms with E-state index in [-0.39, 0.29) is 12.3 Å². The molecule has 132 valence electrons. The van der Waals surface area contributed by atoms with E-state index in [9.17, 15) is 14.7 Å². The molecule has 0 heterocycles. The highest BCUT2D eigenvalue weighted by Crippen LogP contribution is 2.32. The van der Waals surface area contributed by atoms with Crippen LogP contribution in [0.1, 0.15) is 66.6 Å². The summed E-state index contributed by atoms with van der Waals surface area (Å²) in [6.07, 6.45) is -0.157. The Bertz CT molecular complexity index is 735. The van der Waals surface area contributed by atoms with Gasteiger partial charge in [-0.1, -0.05) is 58.0 Å². The van der Waals surface area contributed by atoms with Crippen molar-refractivity contribution in [3.63, 3.8) is 0 Å². The summed E-state index contributed by atoms with van der Waals surface area (Å²) in [7, 11) is 0. The minimum Gasteiger partial charge on any atom is -0.550 e. The minimum atomic E-state index is -1.13. The lowest BCUT2D eigenvalue weighted by Gasteiger charge is -2.20. The van der Waals surface area contributed by atoms with E-state index in [0.717, 1.165) is 16.8 Å². The number of amides is 1. The van der Waals surface area contributed by atoms with E-state index in [2.05, 4.69) is 33.0 Å². The van der Waals surface area contributed by atoms with Crippen LogP contribution < -0.4 is 10.4 Å². The molecule has 1 N–H and O–H groups in total. The summed E-state index contributed by atoms with van der Waals surface area (Å²) in [6, 6.07) is 12.7. The van der Waals surface area contributed by atoms with Crippen LogP contribution >= 0.6 is 0 Å². The largest absolute Gasteiger partial charge is 0.550 e. The van der Waals surface area contributed by atoms with Gasteiger partial charge in [0.2, 0.25) is 0 Å². The summed E-state index contributed by atoms with van der Waals surface area (Å²) in [5.74, 6) is -0.751. The van der Waals surface area contributed by atoms with Gasteiger partial charge in [-0.2, -0.15) is 0 Å². The van der Waals surface area contributed by atoms with Crippen LogP contribution in [0, 0.1) is 0 Å². The first-order valence-corrected chi connectivity index (χ1v) is 8.52. The van der Waals surface area contributed by atoms with Crippen molar-refractivity contribution in [2.75, 3.05) is 5.32 Å². The molecule has 25 heavy (non-hydrogen) atoms. The summed E-state index contributed by atoms with van der Waals surface area (Å²) >= 11 is 0. The van der Waals surface area contributed by atoms with Crippen LogP contribution in [0.25, 0.3) is 0 Å². The first kappa shape index (κ1) is 18.7. The second-order valence-corrected chi connectivity index (χ2v) is 6.82. The van der Waals surface area contributed by atoms with Gasteiger partial charge in [-0.3, -0.25) is 4.79 Å². The van der Waals surface area contributed by atoms with Gasteiger partial charge in [0.25, 0.3) is 5.91 Å². The number of carbonyl (C=O) groups excluding carboxylic acids is 2. The van der Waals surface area contributed by atoms with Gasteiger partial charge >= 0.3 is 0 Å². The summed E-state index contributed by atoms with van der Waals surface area (Å²) in [5, 5.41) is 13.7. The van der Waals surface area contributed by atoms with Crippen molar-refractivity contribution in [2.24, 2.45) is 0 Å². The van der Waals surface area contributed by atoms with Gasteiger partial charge in [0.05, 0.1) is 0 Å². The number of carbonyl (C=O) groups is 2. The Kier molecular flexibility index (Phi) is 5.97. The van der Waals surface area contributed by atoms with Crippen molar-refractivity contribution >= 4 is 17.6 Å². The second kappa shape index (κ2) is 7.97. The number of anilines is 1. The Morgan fingerprint density at radius 3 is 1.88 bits per heavy atom. The Morgan fingerprint density at radius 2 is 1.44 bits per heavy atom. The average Bonchev–Trinajstić information content (AvgIpc) is 2.54. The zero-order valence-electron chi connectivity index (χ0n) is 15.1. The van der Waals surface area contributed by atoms with Crippen LogP contribution in [-0.4, -0.2) is 11.9 Å². The zero-order chi connectivity index (χ0) is 18.6. The molecule has 0 aromatic heterocycles. The molecule has 0 saturated heterocycles. The molecule has 4 heteroatoms. The van der Waals surface area contributed by atoms with Crippen molar-refractivity contribution in [2.45, 2.75) is 46.0 Å². The summed E-state index contributed by atoms with van der Waals surface area (Å²) in [5.41, 5.74) is 4.19. The fourth-order valence-corrected chi connectivity index (χ4v) is 2.82. The van der Waals surface area contributed by atoms with Crippen LogP contribution in [0.15, 0.2) is 42.5 Å². The predicted molar refractivity (Wildman–Crippen MR) is 97.7 cm³/mol. The van der Waals surface area contributed by atoms with Gasteiger partial charge in [-0.05, 0) is 40.7 Å². The number of rotatable bonds is 6. The third-order valence-corrected chi connectivity index (χ3v) is 4.18. The molecule has 4 nitrogen and oxygen atoms in total. The predicted octanol–water partition coefficient (Wildman–Crippen LogP) is 3.48. The number of benzene rings is 2. The summed E-state index contributed by atoms with van der Waals surface area (Å²) in [4.78, 5) is 23.3. The molecule has 0 fully saturated rings. The molecule has 0 atom stereocenters. The van der Waals surface area contributed by atoms with E-state index in [1.165, 1.54) is 0 Å². The topological polar surface area (TPSA) is 69.2 Å². The highest BCUT2D eigenvalue weighted by Gasteiger charge is 2.16. The molecular weight excluding hydrogens is 314 g/mol. The van der Waals surface area contributed by atoms with Gasteiger partial charge in [-0.15, -0.1) is 0 Å². The van der Waals surface area contributed by atoms with Crippen molar-refractivity contribution < 1.29 is 14.7 Å². The molecule has 0 radical (unpaired) electrons. The Morgan fingerprint density at radius 1 is 0.920 bits per heavy atom. The monoisotopic (exact) mass is 338 g/mol. The van der Waals surface area contributed by atoms with Crippen molar-refractivity contribution in [1.29, 1.82) is 0 Å². The maximum Gasteiger partial charge on any atom is 0.255 e. The normalized spacial score (nSPS) is 11.0. The molecule has 0 bridgehead atoms. The third kappa shape index (κ3) is 4.69. The molecule has 0 aliphatic heterocycles. The van der Waals surface area contributed by atoms with Gasteiger partial charge in [0.15, 0.2) is 0 Å². The van der Waals surface area contributed by atoms with Gasteiger partial charge in [0.1, 0.15) is 0 Å².